The second kappa shape index (κ2) is 5.74. The van der Waals surface area contributed by atoms with E-state index in [4.69, 9.17) is 9.31 Å². The standard InChI is InChI=1S/C15H23BO4S/c1-6-10-7-8-12(21-10)11(9-13(17)18)16-19-14(2,3)15(4,5)20-16/h7-8,11H,6,9H2,1-5H3,(H,17,18). The second-order valence-electron chi connectivity index (χ2n) is 6.49. The van der Waals surface area contributed by atoms with Crippen molar-refractivity contribution >= 4 is 24.4 Å². The number of thiophene rings is 1. The first-order valence-electron chi connectivity index (χ1n) is 7.32. The molecule has 1 aromatic heterocycles. The van der Waals surface area contributed by atoms with Crippen LogP contribution in [0, 0.1) is 0 Å². The van der Waals surface area contributed by atoms with Gasteiger partial charge >= 0.3 is 13.1 Å². The molecule has 0 amide bonds. The Labute approximate surface area is 130 Å². The topological polar surface area (TPSA) is 55.8 Å². The fourth-order valence-corrected chi connectivity index (χ4v) is 3.42. The highest BCUT2D eigenvalue weighted by molar-refractivity contribution is 7.12. The van der Waals surface area contributed by atoms with E-state index in [0.29, 0.717) is 0 Å². The fourth-order valence-electron chi connectivity index (χ4n) is 2.36. The summed E-state index contributed by atoms with van der Waals surface area (Å²) >= 11 is 1.65. The lowest BCUT2D eigenvalue weighted by molar-refractivity contribution is -0.137. The van der Waals surface area contributed by atoms with Gasteiger partial charge in [0.2, 0.25) is 0 Å². The van der Waals surface area contributed by atoms with Gasteiger partial charge in [0.15, 0.2) is 0 Å². The average Bonchev–Trinajstić information content (AvgIpc) is 2.89. The van der Waals surface area contributed by atoms with Crippen molar-refractivity contribution in [2.45, 2.75) is 64.5 Å². The van der Waals surface area contributed by atoms with Gasteiger partial charge in [-0.25, -0.2) is 0 Å². The van der Waals surface area contributed by atoms with E-state index in [-0.39, 0.29) is 12.2 Å². The highest BCUT2D eigenvalue weighted by Crippen LogP contribution is 2.42. The number of rotatable bonds is 5. The van der Waals surface area contributed by atoms with Crippen molar-refractivity contribution in [3.05, 3.63) is 21.9 Å². The molecular formula is C15H23BO4S. The molecule has 0 aliphatic carbocycles. The van der Waals surface area contributed by atoms with Gasteiger partial charge in [-0.05, 0) is 46.2 Å². The molecule has 1 aliphatic heterocycles. The Morgan fingerprint density at radius 2 is 1.86 bits per heavy atom. The van der Waals surface area contributed by atoms with Gasteiger partial charge in [-0.1, -0.05) is 6.92 Å². The van der Waals surface area contributed by atoms with E-state index < -0.39 is 24.3 Å². The number of aryl methyl sites for hydroxylation is 1. The first-order valence-corrected chi connectivity index (χ1v) is 8.14. The molecule has 2 heterocycles. The van der Waals surface area contributed by atoms with E-state index in [9.17, 15) is 9.90 Å². The number of hydrogen-bond donors (Lipinski definition) is 1. The Morgan fingerprint density at radius 3 is 2.29 bits per heavy atom. The SMILES string of the molecule is CCc1ccc(C(CC(=O)O)B2OC(C)(C)C(C)(C)O2)s1. The molecule has 1 atom stereocenters. The van der Waals surface area contributed by atoms with Gasteiger partial charge in [0.05, 0.1) is 17.6 Å². The van der Waals surface area contributed by atoms with Crippen LogP contribution in [0.5, 0.6) is 0 Å². The number of aliphatic carboxylic acids is 1. The van der Waals surface area contributed by atoms with Crippen LogP contribution in [0.1, 0.15) is 56.6 Å². The van der Waals surface area contributed by atoms with Crippen LogP contribution >= 0.6 is 11.3 Å². The van der Waals surface area contributed by atoms with Gasteiger partial charge in [0, 0.05) is 15.6 Å². The van der Waals surface area contributed by atoms with Crippen LogP contribution in [0.4, 0.5) is 0 Å². The fraction of sp³-hybridized carbons (Fsp3) is 0.667. The molecule has 1 N–H and O–H groups in total. The Bertz CT molecular complexity index is 507. The lowest BCUT2D eigenvalue weighted by Crippen LogP contribution is -2.41. The minimum absolute atomic E-state index is 0.0144. The number of carboxylic acids is 1. The summed E-state index contributed by atoms with van der Waals surface area (Å²) in [7, 11) is -0.519. The maximum absolute atomic E-state index is 11.2. The summed E-state index contributed by atoms with van der Waals surface area (Å²) < 4.78 is 12.1. The molecule has 1 aliphatic rings. The predicted octanol–water partition coefficient (Wildman–Crippen LogP) is 3.50. The lowest BCUT2D eigenvalue weighted by atomic mass is 9.69. The van der Waals surface area contributed by atoms with Crippen molar-refractivity contribution in [3.8, 4) is 0 Å². The van der Waals surface area contributed by atoms with Gasteiger partial charge in [0.1, 0.15) is 0 Å². The molecule has 0 bridgehead atoms. The molecule has 6 heteroatoms. The first kappa shape index (κ1) is 16.5. The zero-order valence-electron chi connectivity index (χ0n) is 13.3. The molecule has 2 rings (SSSR count). The van der Waals surface area contributed by atoms with Gasteiger partial charge in [-0.15, -0.1) is 11.3 Å². The molecule has 4 nitrogen and oxygen atoms in total. The van der Waals surface area contributed by atoms with Crippen LogP contribution in [0.25, 0.3) is 0 Å². The zero-order valence-corrected chi connectivity index (χ0v) is 14.1. The van der Waals surface area contributed by atoms with E-state index in [2.05, 4.69) is 13.0 Å². The minimum atomic E-state index is -0.832. The van der Waals surface area contributed by atoms with Crippen LogP contribution in [-0.4, -0.2) is 29.4 Å². The Hall–Kier alpha value is -0.845. The van der Waals surface area contributed by atoms with Crippen molar-refractivity contribution in [2.24, 2.45) is 0 Å². The van der Waals surface area contributed by atoms with Gasteiger partial charge in [0.25, 0.3) is 0 Å². The molecule has 0 saturated carbocycles. The summed E-state index contributed by atoms with van der Waals surface area (Å²) in [5, 5.41) is 9.22. The average molecular weight is 310 g/mol. The van der Waals surface area contributed by atoms with Crippen molar-refractivity contribution in [1.82, 2.24) is 0 Å². The Morgan fingerprint density at radius 1 is 1.29 bits per heavy atom. The molecule has 116 valence electrons. The molecule has 1 aromatic rings. The number of carbonyl (C=O) groups is 1. The van der Waals surface area contributed by atoms with Crippen LogP contribution in [-0.2, 0) is 20.5 Å². The van der Waals surface area contributed by atoms with E-state index in [1.807, 2.05) is 33.8 Å². The Balaban J connectivity index is 2.27. The van der Waals surface area contributed by atoms with E-state index in [0.717, 1.165) is 11.3 Å². The summed E-state index contributed by atoms with van der Waals surface area (Å²) in [6.45, 7) is 10.0. The van der Waals surface area contributed by atoms with Crippen LogP contribution in [0.2, 0.25) is 0 Å². The molecule has 21 heavy (non-hydrogen) atoms. The summed E-state index contributed by atoms with van der Waals surface area (Å²) in [6, 6.07) is 4.06. The monoisotopic (exact) mass is 310 g/mol. The van der Waals surface area contributed by atoms with Gasteiger partial charge < -0.3 is 14.4 Å². The molecule has 1 fully saturated rings. The molecule has 0 radical (unpaired) electrons. The van der Waals surface area contributed by atoms with Crippen LogP contribution in [0.15, 0.2) is 12.1 Å². The smallest absolute Gasteiger partial charge is 0.467 e. The van der Waals surface area contributed by atoms with Crippen molar-refractivity contribution in [2.75, 3.05) is 0 Å². The quantitative estimate of drug-likeness (QED) is 0.846. The first-order chi connectivity index (χ1) is 9.66. The predicted molar refractivity (Wildman–Crippen MR) is 84.8 cm³/mol. The molecule has 0 spiro atoms. The van der Waals surface area contributed by atoms with Gasteiger partial charge in [-0.2, -0.15) is 0 Å². The van der Waals surface area contributed by atoms with E-state index in [1.54, 1.807) is 11.3 Å². The maximum Gasteiger partial charge on any atom is 0.467 e. The highest BCUT2D eigenvalue weighted by atomic mass is 32.1. The van der Waals surface area contributed by atoms with E-state index >= 15 is 0 Å². The van der Waals surface area contributed by atoms with Gasteiger partial charge in [-0.3, -0.25) is 4.79 Å². The van der Waals surface area contributed by atoms with Crippen molar-refractivity contribution < 1.29 is 19.2 Å². The Kier molecular flexibility index (Phi) is 4.52. The minimum Gasteiger partial charge on any atom is -0.481 e. The molecule has 0 aromatic carbocycles. The normalized spacial score (nSPS) is 21.5. The second-order valence-corrected chi connectivity index (χ2v) is 7.69. The number of carboxylic acid groups (broad SMARTS) is 1. The zero-order chi connectivity index (χ0) is 15.8. The lowest BCUT2D eigenvalue weighted by Gasteiger charge is -2.32. The largest absolute Gasteiger partial charge is 0.481 e. The molecular weight excluding hydrogens is 287 g/mol. The summed E-state index contributed by atoms with van der Waals surface area (Å²) in [6.07, 6.45) is 0.967. The third-order valence-corrected chi connectivity index (χ3v) is 5.75. The third kappa shape index (κ3) is 3.33. The number of hydrogen-bond acceptors (Lipinski definition) is 4. The summed E-state index contributed by atoms with van der Waals surface area (Å²) in [4.78, 5) is 13.5. The molecule has 1 saturated heterocycles. The summed E-state index contributed by atoms with van der Waals surface area (Å²) in [5.41, 5.74) is -0.890. The summed E-state index contributed by atoms with van der Waals surface area (Å²) in [5.74, 6) is -1.10. The van der Waals surface area contributed by atoms with Crippen molar-refractivity contribution in [3.63, 3.8) is 0 Å². The van der Waals surface area contributed by atoms with E-state index in [1.165, 1.54) is 4.88 Å². The van der Waals surface area contributed by atoms with Crippen LogP contribution < -0.4 is 0 Å². The van der Waals surface area contributed by atoms with Crippen molar-refractivity contribution in [1.29, 1.82) is 0 Å². The molecule has 1 unspecified atom stereocenters. The third-order valence-electron chi connectivity index (χ3n) is 4.39. The van der Waals surface area contributed by atoms with Crippen LogP contribution in [0.3, 0.4) is 0 Å². The maximum atomic E-state index is 11.2. The highest BCUT2D eigenvalue weighted by Gasteiger charge is 2.54.